The predicted octanol–water partition coefficient (Wildman–Crippen LogP) is 2.75. The van der Waals surface area contributed by atoms with Crippen molar-refractivity contribution in [3.63, 3.8) is 0 Å². The van der Waals surface area contributed by atoms with Crippen molar-refractivity contribution in [3.8, 4) is 0 Å². The Morgan fingerprint density at radius 1 is 1.45 bits per heavy atom. The first-order valence-corrected chi connectivity index (χ1v) is 6.78. The minimum absolute atomic E-state index is 0.0555. The number of hydrogen-bond acceptors (Lipinski definition) is 3. The summed E-state index contributed by atoms with van der Waals surface area (Å²) in [7, 11) is 0. The monoisotopic (exact) mass is 356 g/mol. The summed E-state index contributed by atoms with van der Waals surface area (Å²) >= 11 is 7.87. The zero-order valence-electron chi connectivity index (χ0n) is 10.2. The van der Waals surface area contributed by atoms with Crippen LogP contribution in [0.3, 0.4) is 0 Å². The third kappa shape index (κ3) is 3.23. The van der Waals surface area contributed by atoms with Gasteiger partial charge in [-0.05, 0) is 28.1 Å². The molecular weight excluding hydrogens is 347 g/mol. The van der Waals surface area contributed by atoms with Gasteiger partial charge >= 0.3 is 0 Å². The van der Waals surface area contributed by atoms with Gasteiger partial charge in [0.15, 0.2) is 4.67 Å². The van der Waals surface area contributed by atoms with Gasteiger partial charge in [-0.3, -0.25) is 4.79 Å². The summed E-state index contributed by atoms with van der Waals surface area (Å²) in [5.41, 5.74) is 6.56. The normalized spacial score (nSPS) is 10.3. The van der Waals surface area contributed by atoms with Gasteiger partial charge in [0.1, 0.15) is 10.8 Å². The smallest absolute Gasteiger partial charge is 0.256 e. The lowest BCUT2D eigenvalue weighted by molar-refractivity contribution is 0.0949. The first kappa shape index (κ1) is 14.7. The third-order valence-electron chi connectivity index (χ3n) is 2.64. The molecule has 0 aliphatic heterocycles. The van der Waals surface area contributed by atoms with Crippen molar-refractivity contribution in [1.82, 2.24) is 5.32 Å². The molecular formula is C13H10BrFN2O2S. The average molecular weight is 357 g/mol. The molecule has 0 spiro atoms. The van der Waals surface area contributed by atoms with E-state index in [2.05, 4.69) is 21.2 Å². The molecule has 3 N–H and O–H groups in total. The average Bonchev–Trinajstić information content (AvgIpc) is 2.83. The highest BCUT2D eigenvalue weighted by atomic mass is 79.9. The Balaban J connectivity index is 2.06. The van der Waals surface area contributed by atoms with Crippen LogP contribution in [0.15, 0.2) is 39.6 Å². The number of nitrogens with one attached hydrogen (secondary N) is 1. The molecule has 1 aromatic carbocycles. The summed E-state index contributed by atoms with van der Waals surface area (Å²) in [6.45, 7) is 0.0555. The Labute approximate surface area is 128 Å². The van der Waals surface area contributed by atoms with Crippen LogP contribution in [-0.2, 0) is 6.54 Å². The van der Waals surface area contributed by atoms with Crippen molar-refractivity contribution in [2.75, 3.05) is 0 Å². The molecule has 0 radical (unpaired) electrons. The van der Waals surface area contributed by atoms with E-state index in [0.29, 0.717) is 21.4 Å². The van der Waals surface area contributed by atoms with Crippen molar-refractivity contribution in [2.45, 2.75) is 6.54 Å². The van der Waals surface area contributed by atoms with Gasteiger partial charge in [0.2, 0.25) is 0 Å². The lowest BCUT2D eigenvalue weighted by Crippen LogP contribution is -2.23. The van der Waals surface area contributed by atoms with Crippen molar-refractivity contribution in [2.24, 2.45) is 5.73 Å². The number of nitrogens with two attached hydrogens (primary N) is 1. The molecule has 0 aliphatic carbocycles. The van der Waals surface area contributed by atoms with Crippen molar-refractivity contribution in [1.29, 1.82) is 0 Å². The van der Waals surface area contributed by atoms with Crippen molar-refractivity contribution >= 4 is 39.0 Å². The molecule has 1 aromatic heterocycles. The zero-order valence-corrected chi connectivity index (χ0v) is 12.6. The minimum atomic E-state index is -0.471. The SMILES string of the molecule is NC(=S)c1ccc(CNC(=O)c2ccoc2Br)c(F)c1. The first-order chi connectivity index (χ1) is 9.49. The fraction of sp³-hybridized carbons (Fsp3) is 0.0769. The summed E-state index contributed by atoms with van der Waals surface area (Å²) in [6, 6.07) is 5.92. The van der Waals surface area contributed by atoms with Crippen LogP contribution in [0.25, 0.3) is 0 Å². The van der Waals surface area contributed by atoms with E-state index in [1.807, 2.05) is 0 Å². The van der Waals surface area contributed by atoms with Crippen LogP contribution < -0.4 is 11.1 Å². The Morgan fingerprint density at radius 2 is 2.20 bits per heavy atom. The highest BCUT2D eigenvalue weighted by Crippen LogP contribution is 2.17. The molecule has 104 valence electrons. The summed E-state index contributed by atoms with van der Waals surface area (Å²) in [5.74, 6) is -0.828. The van der Waals surface area contributed by atoms with Crippen LogP contribution in [0, 0.1) is 5.82 Å². The largest absolute Gasteiger partial charge is 0.457 e. The molecule has 1 heterocycles. The quantitative estimate of drug-likeness (QED) is 0.826. The second-order valence-electron chi connectivity index (χ2n) is 3.96. The Bertz CT molecular complexity index is 672. The Kier molecular flexibility index (Phi) is 4.51. The molecule has 0 bridgehead atoms. The second-order valence-corrected chi connectivity index (χ2v) is 5.12. The van der Waals surface area contributed by atoms with Gasteiger partial charge in [0.05, 0.1) is 11.8 Å². The van der Waals surface area contributed by atoms with Gasteiger partial charge in [-0.15, -0.1) is 0 Å². The fourth-order valence-electron chi connectivity index (χ4n) is 1.57. The molecule has 0 aliphatic rings. The van der Waals surface area contributed by atoms with Gasteiger partial charge in [0, 0.05) is 17.7 Å². The molecule has 0 atom stereocenters. The van der Waals surface area contributed by atoms with E-state index < -0.39 is 5.82 Å². The second kappa shape index (κ2) is 6.15. The topological polar surface area (TPSA) is 68.3 Å². The highest BCUT2D eigenvalue weighted by molar-refractivity contribution is 9.10. The molecule has 0 fully saturated rings. The maximum Gasteiger partial charge on any atom is 0.256 e. The van der Waals surface area contributed by atoms with E-state index in [1.54, 1.807) is 6.07 Å². The Hall–Kier alpha value is -1.73. The van der Waals surface area contributed by atoms with E-state index in [4.69, 9.17) is 22.4 Å². The summed E-state index contributed by atoms with van der Waals surface area (Å²) in [4.78, 5) is 11.9. The number of furan rings is 1. The van der Waals surface area contributed by atoms with Crippen LogP contribution in [0.5, 0.6) is 0 Å². The maximum atomic E-state index is 13.8. The van der Waals surface area contributed by atoms with E-state index in [-0.39, 0.29) is 17.4 Å². The lowest BCUT2D eigenvalue weighted by Gasteiger charge is -2.07. The number of amides is 1. The molecule has 0 saturated heterocycles. The summed E-state index contributed by atoms with van der Waals surface area (Å²) in [6.07, 6.45) is 1.39. The van der Waals surface area contributed by atoms with E-state index in [0.717, 1.165) is 0 Å². The summed E-state index contributed by atoms with van der Waals surface area (Å²) < 4.78 is 19.1. The Morgan fingerprint density at radius 3 is 2.75 bits per heavy atom. The van der Waals surface area contributed by atoms with Crippen LogP contribution in [0.4, 0.5) is 4.39 Å². The van der Waals surface area contributed by atoms with E-state index >= 15 is 0 Å². The van der Waals surface area contributed by atoms with E-state index in [1.165, 1.54) is 24.5 Å². The number of rotatable bonds is 4. The maximum absolute atomic E-state index is 13.8. The van der Waals surface area contributed by atoms with Crippen molar-refractivity contribution < 1.29 is 13.6 Å². The van der Waals surface area contributed by atoms with Gasteiger partial charge in [0.25, 0.3) is 5.91 Å². The number of thiocarbonyl (C=S) groups is 1. The predicted molar refractivity (Wildman–Crippen MR) is 79.9 cm³/mol. The third-order valence-corrected chi connectivity index (χ3v) is 3.49. The van der Waals surface area contributed by atoms with Crippen LogP contribution in [-0.4, -0.2) is 10.9 Å². The van der Waals surface area contributed by atoms with Gasteiger partial charge in [-0.2, -0.15) is 0 Å². The molecule has 7 heteroatoms. The molecule has 1 amide bonds. The zero-order chi connectivity index (χ0) is 14.7. The molecule has 20 heavy (non-hydrogen) atoms. The van der Waals surface area contributed by atoms with Crippen molar-refractivity contribution in [3.05, 3.63) is 57.7 Å². The van der Waals surface area contributed by atoms with Crippen LogP contribution >= 0.6 is 28.1 Å². The van der Waals surface area contributed by atoms with Crippen LogP contribution in [0.1, 0.15) is 21.5 Å². The standard InChI is InChI=1S/C13H10BrFN2O2S/c14-11-9(3-4-19-11)13(18)17-6-8-2-1-7(12(16)20)5-10(8)15/h1-5H,6H2,(H2,16,20)(H,17,18). The number of benzene rings is 1. The first-order valence-electron chi connectivity index (χ1n) is 5.58. The number of carbonyl (C=O) groups excluding carboxylic acids is 1. The van der Waals surface area contributed by atoms with E-state index in [9.17, 15) is 9.18 Å². The van der Waals surface area contributed by atoms with Gasteiger partial charge in [-0.1, -0.05) is 24.4 Å². The number of carbonyl (C=O) groups is 1. The summed E-state index contributed by atoms with van der Waals surface area (Å²) in [5, 5.41) is 2.60. The molecule has 4 nitrogen and oxygen atoms in total. The number of halogens is 2. The van der Waals surface area contributed by atoms with Crippen LogP contribution in [0.2, 0.25) is 0 Å². The molecule has 0 unspecified atom stereocenters. The minimum Gasteiger partial charge on any atom is -0.457 e. The molecule has 2 aromatic rings. The van der Waals surface area contributed by atoms with Gasteiger partial charge in [-0.25, -0.2) is 4.39 Å². The number of hydrogen-bond donors (Lipinski definition) is 2. The molecule has 0 saturated carbocycles. The fourth-order valence-corrected chi connectivity index (χ4v) is 2.12. The highest BCUT2D eigenvalue weighted by Gasteiger charge is 2.13. The molecule has 2 rings (SSSR count). The lowest BCUT2D eigenvalue weighted by atomic mass is 10.1. The van der Waals surface area contributed by atoms with Gasteiger partial charge < -0.3 is 15.5 Å².